The van der Waals surface area contributed by atoms with E-state index in [2.05, 4.69) is 5.10 Å². The molecular weight excluding hydrogens is 306 g/mol. The van der Waals surface area contributed by atoms with E-state index >= 15 is 0 Å². The van der Waals surface area contributed by atoms with E-state index in [4.69, 9.17) is 0 Å². The molecule has 1 amide bonds. The molecule has 6 heteroatoms. The van der Waals surface area contributed by atoms with Crippen molar-refractivity contribution in [3.05, 3.63) is 17.0 Å². The Kier molecular flexibility index (Phi) is 5.35. The molecule has 1 aromatic rings. The molecule has 0 aromatic carbocycles. The van der Waals surface area contributed by atoms with E-state index in [1.54, 1.807) is 7.05 Å². The van der Waals surface area contributed by atoms with E-state index in [0.29, 0.717) is 19.3 Å². The van der Waals surface area contributed by atoms with Crippen LogP contribution in [0, 0.1) is 19.8 Å². The fraction of sp³-hybridized carbons (Fsp3) is 0.722. The molecule has 24 heavy (non-hydrogen) atoms. The molecule has 1 fully saturated rings. The van der Waals surface area contributed by atoms with Gasteiger partial charge in [-0.1, -0.05) is 26.2 Å². The summed E-state index contributed by atoms with van der Waals surface area (Å²) >= 11 is 0. The second-order valence-electron chi connectivity index (χ2n) is 7.17. The van der Waals surface area contributed by atoms with Gasteiger partial charge >= 0.3 is 5.97 Å². The summed E-state index contributed by atoms with van der Waals surface area (Å²) in [6.07, 6.45) is 4.44. The molecular formula is C18H29N3O3. The highest BCUT2D eigenvalue weighted by atomic mass is 16.4. The molecule has 1 saturated carbocycles. The Morgan fingerprint density at radius 2 is 1.88 bits per heavy atom. The largest absolute Gasteiger partial charge is 0.479 e. The minimum absolute atomic E-state index is 0.0954. The number of carbonyl (C=O) groups excluding carboxylic acids is 1. The molecule has 1 unspecified atom stereocenters. The number of nitrogens with zero attached hydrogens (tertiary/aromatic N) is 3. The maximum absolute atomic E-state index is 12.9. The molecule has 1 N–H and O–H groups in total. The fourth-order valence-electron chi connectivity index (χ4n) is 3.88. The third-order valence-electron chi connectivity index (χ3n) is 5.64. The Balaban J connectivity index is 2.18. The molecule has 2 rings (SSSR count). The number of amides is 1. The van der Waals surface area contributed by atoms with Gasteiger partial charge in [-0.2, -0.15) is 5.10 Å². The summed E-state index contributed by atoms with van der Waals surface area (Å²) in [7, 11) is 3.55. The van der Waals surface area contributed by atoms with Crippen LogP contribution in [-0.2, 0) is 23.1 Å². The second-order valence-corrected chi connectivity index (χ2v) is 7.17. The van der Waals surface area contributed by atoms with Gasteiger partial charge in [-0.25, -0.2) is 4.79 Å². The smallest absolute Gasteiger partial charge is 0.329 e. The highest BCUT2D eigenvalue weighted by molar-refractivity contribution is 5.88. The number of carboxylic acid groups (broad SMARTS) is 1. The van der Waals surface area contributed by atoms with Crippen LogP contribution in [-0.4, -0.2) is 44.3 Å². The molecule has 1 heterocycles. The van der Waals surface area contributed by atoms with Gasteiger partial charge in [-0.15, -0.1) is 0 Å². The van der Waals surface area contributed by atoms with Gasteiger partial charge in [0.15, 0.2) is 0 Å². The zero-order valence-electron chi connectivity index (χ0n) is 15.4. The fourth-order valence-corrected chi connectivity index (χ4v) is 3.88. The maximum Gasteiger partial charge on any atom is 0.329 e. The minimum atomic E-state index is -1.04. The molecule has 1 aliphatic carbocycles. The molecule has 1 atom stereocenters. The van der Waals surface area contributed by atoms with Gasteiger partial charge in [0.1, 0.15) is 5.54 Å². The first-order chi connectivity index (χ1) is 11.2. The highest BCUT2D eigenvalue weighted by Gasteiger charge is 2.46. The van der Waals surface area contributed by atoms with Crippen LogP contribution in [0.5, 0.6) is 0 Å². The summed E-state index contributed by atoms with van der Waals surface area (Å²) in [5.74, 6) is -1.24. The summed E-state index contributed by atoms with van der Waals surface area (Å²) in [6, 6.07) is 0. The Labute approximate surface area is 143 Å². The first-order valence-electron chi connectivity index (χ1n) is 8.71. The molecule has 1 aromatic heterocycles. The zero-order valence-corrected chi connectivity index (χ0v) is 15.4. The third-order valence-corrected chi connectivity index (χ3v) is 5.64. The quantitative estimate of drug-likeness (QED) is 0.897. The number of carbonyl (C=O) groups is 2. The SMILES string of the molecule is Cc1nn(C)c(C)c1CC(C)C(=O)N(C)C1(C(=O)O)CCCCC1. The van der Waals surface area contributed by atoms with Crippen molar-refractivity contribution < 1.29 is 14.7 Å². The predicted molar refractivity (Wildman–Crippen MR) is 91.8 cm³/mol. The normalized spacial score (nSPS) is 18.2. The molecule has 0 bridgehead atoms. The average Bonchev–Trinajstić information content (AvgIpc) is 2.80. The molecule has 0 saturated heterocycles. The van der Waals surface area contributed by atoms with Crippen LogP contribution < -0.4 is 0 Å². The first-order valence-corrected chi connectivity index (χ1v) is 8.71. The van der Waals surface area contributed by atoms with Crippen molar-refractivity contribution in [3.8, 4) is 0 Å². The summed E-state index contributed by atoms with van der Waals surface area (Å²) in [5, 5.41) is 14.2. The van der Waals surface area contributed by atoms with E-state index in [9.17, 15) is 14.7 Å². The molecule has 1 aliphatic rings. The van der Waals surface area contributed by atoms with Crippen LogP contribution in [0.2, 0.25) is 0 Å². The van der Waals surface area contributed by atoms with Gasteiger partial charge in [0.05, 0.1) is 5.69 Å². The topological polar surface area (TPSA) is 75.4 Å². The van der Waals surface area contributed by atoms with Crippen molar-refractivity contribution in [2.24, 2.45) is 13.0 Å². The summed E-state index contributed by atoms with van der Waals surface area (Å²) in [5.41, 5.74) is 2.03. The summed E-state index contributed by atoms with van der Waals surface area (Å²) in [6.45, 7) is 5.82. The van der Waals surface area contributed by atoms with Gasteiger partial charge in [0.25, 0.3) is 0 Å². The van der Waals surface area contributed by atoms with Crippen LogP contribution in [0.15, 0.2) is 0 Å². The molecule has 0 radical (unpaired) electrons. The van der Waals surface area contributed by atoms with E-state index in [1.807, 2.05) is 32.5 Å². The van der Waals surface area contributed by atoms with Crippen LogP contribution in [0.1, 0.15) is 56.0 Å². The third kappa shape index (κ3) is 3.19. The summed E-state index contributed by atoms with van der Waals surface area (Å²) in [4.78, 5) is 26.3. The molecule has 6 nitrogen and oxygen atoms in total. The Morgan fingerprint density at radius 1 is 1.29 bits per heavy atom. The Morgan fingerprint density at radius 3 is 2.33 bits per heavy atom. The van der Waals surface area contributed by atoms with Crippen molar-refractivity contribution in [1.82, 2.24) is 14.7 Å². The average molecular weight is 335 g/mol. The lowest BCUT2D eigenvalue weighted by atomic mass is 9.79. The zero-order chi connectivity index (χ0) is 18.1. The maximum atomic E-state index is 12.9. The lowest BCUT2D eigenvalue weighted by Crippen LogP contribution is -2.57. The lowest BCUT2D eigenvalue weighted by molar-refractivity contribution is -0.161. The van der Waals surface area contributed by atoms with E-state index in [1.165, 1.54) is 4.90 Å². The van der Waals surface area contributed by atoms with Crippen molar-refractivity contribution in [1.29, 1.82) is 0 Å². The summed E-state index contributed by atoms with van der Waals surface area (Å²) < 4.78 is 1.82. The monoisotopic (exact) mass is 335 g/mol. The molecule has 134 valence electrons. The van der Waals surface area contributed by atoms with Crippen molar-refractivity contribution in [3.63, 3.8) is 0 Å². The van der Waals surface area contributed by atoms with E-state index in [0.717, 1.165) is 36.2 Å². The Bertz CT molecular complexity index is 630. The van der Waals surface area contributed by atoms with Gasteiger partial charge in [-0.3, -0.25) is 9.48 Å². The lowest BCUT2D eigenvalue weighted by Gasteiger charge is -2.42. The van der Waals surface area contributed by atoms with Gasteiger partial charge in [0, 0.05) is 25.7 Å². The number of rotatable bonds is 5. The second kappa shape index (κ2) is 6.95. The van der Waals surface area contributed by atoms with Gasteiger partial charge in [-0.05, 0) is 38.7 Å². The number of aryl methyl sites for hydroxylation is 2. The minimum Gasteiger partial charge on any atom is -0.479 e. The van der Waals surface area contributed by atoms with Crippen LogP contribution in [0.25, 0.3) is 0 Å². The molecule has 0 aliphatic heterocycles. The predicted octanol–water partition coefficient (Wildman–Crippen LogP) is 2.46. The number of hydrogen-bond acceptors (Lipinski definition) is 3. The standard InChI is InChI=1S/C18H29N3O3/c1-12(11-15-13(2)19-21(5)14(15)3)16(22)20(4)18(17(23)24)9-7-6-8-10-18/h12H,6-11H2,1-5H3,(H,23,24). The van der Waals surface area contributed by atoms with Crippen molar-refractivity contribution in [2.45, 2.75) is 64.8 Å². The number of aromatic nitrogens is 2. The Hall–Kier alpha value is -1.85. The van der Waals surface area contributed by atoms with Crippen molar-refractivity contribution in [2.75, 3.05) is 7.05 Å². The number of hydrogen-bond donors (Lipinski definition) is 1. The number of likely N-dealkylation sites (N-methyl/N-ethyl adjacent to an activating group) is 1. The van der Waals surface area contributed by atoms with Gasteiger partial charge in [0.2, 0.25) is 5.91 Å². The van der Waals surface area contributed by atoms with E-state index in [-0.39, 0.29) is 11.8 Å². The van der Waals surface area contributed by atoms with Crippen LogP contribution in [0.4, 0.5) is 0 Å². The van der Waals surface area contributed by atoms with Gasteiger partial charge < -0.3 is 10.0 Å². The highest BCUT2D eigenvalue weighted by Crippen LogP contribution is 2.34. The number of aliphatic carboxylic acids is 1. The van der Waals surface area contributed by atoms with Crippen LogP contribution in [0.3, 0.4) is 0 Å². The molecule has 0 spiro atoms. The van der Waals surface area contributed by atoms with Crippen molar-refractivity contribution >= 4 is 11.9 Å². The van der Waals surface area contributed by atoms with Crippen LogP contribution >= 0.6 is 0 Å². The first kappa shape index (κ1) is 18.5. The van der Waals surface area contributed by atoms with E-state index < -0.39 is 11.5 Å². The number of carboxylic acids is 1.